The van der Waals surface area contributed by atoms with Crippen molar-refractivity contribution in [2.24, 2.45) is 7.05 Å². The Morgan fingerprint density at radius 1 is 1.20 bits per heavy atom. The quantitative estimate of drug-likeness (QED) is 0.421. The highest BCUT2D eigenvalue weighted by Gasteiger charge is 2.32. The number of hydrogen-bond acceptors (Lipinski definition) is 7. The van der Waals surface area contributed by atoms with Gasteiger partial charge in [0.1, 0.15) is 11.4 Å². The van der Waals surface area contributed by atoms with Gasteiger partial charge in [-0.3, -0.25) is 4.68 Å². The first-order chi connectivity index (χ1) is 16.8. The zero-order valence-corrected chi connectivity index (χ0v) is 22.4. The predicted molar refractivity (Wildman–Crippen MR) is 139 cm³/mol. The molecule has 8 heteroatoms. The van der Waals surface area contributed by atoms with Crippen LogP contribution in [0.1, 0.15) is 77.6 Å². The van der Waals surface area contributed by atoms with Gasteiger partial charge in [-0.1, -0.05) is 45.2 Å². The molecule has 0 spiro atoms. The molecule has 1 aliphatic heterocycles. The summed E-state index contributed by atoms with van der Waals surface area (Å²) in [5.41, 5.74) is 5.32. The Bertz CT molecular complexity index is 1160. The predicted octanol–water partition coefficient (Wildman–Crippen LogP) is 6.35. The van der Waals surface area contributed by atoms with Crippen LogP contribution in [0, 0.1) is 0 Å². The molecule has 8 nitrogen and oxygen atoms in total. The van der Waals surface area contributed by atoms with E-state index in [2.05, 4.69) is 34.4 Å². The normalized spacial score (nSPS) is 15.5. The van der Waals surface area contributed by atoms with Crippen molar-refractivity contribution in [1.29, 1.82) is 0 Å². The van der Waals surface area contributed by atoms with Gasteiger partial charge in [0.25, 0.3) is 5.89 Å². The van der Waals surface area contributed by atoms with E-state index in [1.54, 1.807) is 14.2 Å². The molecular formula is C27H39N5O3. The van der Waals surface area contributed by atoms with Crippen LogP contribution in [0.15, 0.2) is 34.6 Å². The Kier molecular flexibility index (Phi) is 8.72. The lowest BCUT2D eigenvalue weighted by molar-refractivity contribution is -0.0272. The van der Waals surface area contributed by atoms with Crippen LogP contribution in [0.4, 0.5) is 5.69 Å². The molecule has 0 bridgehead atoms. The third-order valence-electron chi connectivity index (χ3n) is 6.54. The van der Waals surface area contributed by atoms with E-state index in [1.165, 1.54) is 19.3 Å². The van der Waals surface area contributed by atoms with Crippen LogP contribution in [0.2, 0.25) is 0 Å². The Morgan fingerprint density at radius 2 is 1.94 bits per heavy atom. The molecule has 0 saturated heterocycles. The minimum atomic E-state index is -0.604. The number of unbranched alkanes of at least 4 members (excludes halogenated alkanes) is 2. The lowest BCUT2D eigenvalue weighted by atomic mass is 10.0. The standard InChI is InChI=1S/C22H27N5O3.C5H12/c1-7-22(3,29-6)21-24-20(26-30-21)13(2)18-10-14-12-27(4)25-19(14)16-11-15(28-5)8-9-17(16)23-18;1-3-5-4-2/h8-9,11-12,23H,7,10H2,1-6H3;3-5H2,1-2H3/b18-13+;. The van der Waals surface area contributed by atoms with Crippen LogP contribution in [-0.4, -0.2) is 34.1 Å². The van der Waals surface area contributed by atoms with E-state index >= 15 is 0 Å². The summed E-state index contributed by atoms with van der Waals surface area (Å²) in [6.07, 6.45) is 7.52. The van der Waals surface area contributed by atoms with Gasteiger partial charge in [0.05, 0.1) is 12.8 Å². The molecule has 0 saturated carbocycles. The van der Waals surface area contributed by atoms with Gasteiger partial charge in [-0.05, 0) is 38.5 Å². The number of aromatic nitrogens is 4. The number of aryl methyl sites for hydroxylation is 1. The molecule has 0 aliphatic carbocycles. The fourth-order valence-electron chi connectivity index (χ4n) is 3.93. The summed E-state index contributed by atoms with van der Waals surface area (Å²) in [5, 5.41) is 12.5. The second-order valence-corrected chi connectivity index (χ2v) is 9.06. The molecule has 1 atom stereocenters. The summed E-state index contributed by atoms with van der Waals surface area (Å²) in [7, 11) is 5.25. The zero-order valence-electron chi connectivity index (χ0n) is 22.4. The first kappa shape index (κ1) is 26.5. The number of allylic oxidation sites excluding steroid dienone is 2. The third kappa shape index (κ3) is 5.75. The Hall–Kier alpha value is -3.13. The van der Waals surface area contributed by atoms with Gasteiger partial charge in [-0.25, -0.2) is 0 Å². The molecule has 3 heterocycles. The number of methoxy groups -OCH3 is 2. The van der Waals surface area contributed by atoms with Crippen LogP contribution in [0.3, 0.4) is 0 Å². The van der Waals surface area contributed by atoms with Crippen molar-refractivity contribution >= 4 is 11.3 Å². The monoisotopic (exact) mass is 481 g/mol. The lowest BCUT2D eigenvalue weighted by Gasteiger charge is -2.21. The molecule has 190 valence electrons. The smallest absolute Gasteiger partial charge is 0.258 e. The maximum Gasteiger partial charge on any atom is 0.258 e. The van der Waals surface area contributed by atoms with Gasteiger partial charge in [-0.2, -0.15) is 10.1 Å². The Labute approximate surface area is 208 Å². The summed E-state index contributed by atoms with van der Waals surface area (Å²) in [6.45, 7) is 10.4. The number of anilines is 1. The SMILES string of the molecule is CCC(C)(OC)c1nc(/C(C)=C2\Cc3cn(C)nc3-c3cc(OC)ccc3N2)no1.CCCCC. The number of rotatable bonds is 7. The van der Waals surface area contributed by atoms with Gasteiger partial charge in [0.15, 0.2) is 5.82 Å². The molecular weight excluding hydrogens is 442 g/mol. The highest BCUT2D eigenvalue weighted by atomic mass is 16.5. The van der Waals surface area contributed by atoms with Gasteiger partial charge >= 0.3 is 0 Å². The second-order valence-electron chi connectivity index (χ2n) is 9.06. The van der Waals surface area contributed by atoms with Crippen molar-refractivity contribution < 1.29 is 14.0 Å². The van der Waals surface area contributed by atoms with Crippen molar-refractivity contribution in [1.82, 2.24) is 19.9 Å². The number of ether oxygens (including phenoxy) is 2. The fourth-order valence-corrected chi connectivity index (χ4v) is 3.93. The number of hydrogen-bond donors (Lipinski definition) is 1. The van der Waals surface area contributed by atoms with Crippen LogP contribution in [-0.2, 0) is 23.8 Å². The molecule has 35 heavy (non-hydrogen) atoms. The average Bonchev–Trinajstić information content (AvgIpc) is 3.48. The first-order valence-electron chi connectivity index (χ1n) is 12.4. The number of benzene rings is 1. The maximum absolute atomic E-state index is 5.60. The molecule has 1 aliphatic rings. The van der Waals surface area contributed by atoms with E-state index in [1.807, 2.05) is 56.9 Å². The highest BCUT2D eigenvalue weighted by Crippen LogP contribution is 2.39. The molecule has 2 aromatic heterocycles. The molecule has 3 aromatic rings. The minimum absolute atomic E-state index is 0.475. The zero-order chi connectivity index (χ0) is 25.6. The summed E-state index contributed by atoms with van der Waals surface area (Å²) in [4.78, 5) is 4.63. The van der Waals surface area contributed by atoms with Crippen molar-refractivity contribution in [3.63, 3.8) is 0 Å². The van der Waals surface area contributed by atoms with Gasteiger partial charge in [0.2, 0.25) is 0 Å². The van der Waals surface area contributed by atoms with E-state index in [0.717, 1.165) is 45.9 Å². The van der Waals surface area contributed by atoms with E-state index in [0.29, 0.717) is 18.1 Å². The second kappa shape index (κ2) is 11.5. The molecule has 0 radical (unpaired) electrons. The highest BCUT2D eigenvalue weighted by molar-refractivity contribution is 5.84. The molecule has 1 N–H and O–H groups in total. The summed E-state index contributed by atoms with van der Waals surface area (Å²) in [6, 6.07) is 5.95. The first-order valence-corrected chi connectivity index (χ1v) is 12.4. The molecule has 1 unspecified atom stereocenters. The van der Waals surface area contributed by atoms with Crippen LogP contribution < -0.4 is 10.1 Å². The van der Waals surface area contributed by atoms with Crippen molar-refractivity contribution in [2.75, 3.05) is 19.5 Å². The maximum atomic E-state index is 5.60. The number of nitrogens with one attached hydrogen (secondary N) is 1. The van der Waals surface area contributed by atoms with Crippen LogP contribution in [0.5, 0.6) is 5.75 Å². The lowest BCUT2D eigenvalue weighted by Crippen LogP contribution is -2.23. The Morgan fingerprint density at radius 3 is 2.54 bits per heavy atom. The summed E-state index contributed by atoms with van der Waals surface area (Å²) >= 11 is 0. The molecule has 0 amide bonds. The summed E-state index contributed by atoms with van der Waals surface area (Å²) < 4.78 is 18.4. The van der Waals surface area contributed by atoms with Crippen LogP contribution >= 0.6 is 0 Å². The topological polar surface area (TPSA) is 87.2 Å². The minimum Gasteiger partial charge on any atom is -0.497 e. The number of fused-ring (bicyclic) bond motifs is 3. The largest absolute Gasteiger partial charge is 0.497 e. The van der Waals surface area contributed by atoms with E-state index in [4.69, 9.17) is 14.0 Å². The fraction of sp³-hybridized carbons (Fsp3) is 0.519. The van der Waals surface area contributed by atoms with E-state index in [9.17, 15) is 0 Å². The van der Waals surface area contributed by atoms with E-state index < -0.39 is 5.60 Å². The van der Waals surface area contributed by atoms with Crippen molar-refractivity contribution in [2.45, 2.75) is 72.3 Å². The Balaban J connectivity index is 0.000000623. The van der Waals surface area contributed by atoms with Crippen molar-refractivity contribution in [3.8, 4) is 17.0 Å². The van der Waals surface area contributed by atoms with Gasteiger partial charge in [0, 0.05) is 54.9 Å². The summed E-state index contributed by atoms with van der Waals surface area (Å²) in [5.74, 6) is 1.81. The van der Waals surface area contributed by atoms with Crippen molar-refractivity contribution in [3.05, 3.63) is 47.4 Å². The van der Waals surface area contributed by atoms with Crippen LogP contribution in [0.25, 0.3) is 16.8 Å². The third-order valence-corrected chi connectivity index (χ3v) is 6.54. The molecule has 1 aromatic carbocycles. The molecule has 0 fully saturated rings. The van der Waals surface area contributed by atoms with Gasteiger partial charge < -0.3 is 19.3 Å². The van der Waals surface area contributed by atoms with Gasteiger partial charge in [-0.15, -0.1) is 0 Å². The van der Waals surface area contributed by atoms with E-state index in [-0.39, 0.29) is 0 Å². The molecule has 4 rings (SSSR count). The number of nitrogens with zero attached hydrogens (tertiary/aromatic N) is 4. The average molecular weight is 482 g/mol.